The normalized spacial score (nSPS) is 14.6. The van der Waals surface area contributed by atoms with Gasteiger partial charge in [0, 0.05) is 19.3 Å². The van der Waals surface area contributed by atoms with Gasteiger partial charge in [-0.1, -0.05) is 36.4 Å². The fourth-order valence-corrected chi connectivity index (χ4v) is 3.69. The lowest BCUT2D eigenvalue weighted by Crippen LogP contribution is -2.35. The molecule has 1 aromatic carbocycles. The van der Waals surface area contributed by atoms with E-state index in [1.165, 1.54) is 5.56 Å². The summed E-state index contributed by atoms with van der Waals surface area (Å²) >= 11 is 0. The second-order valence-corrected chi connectivity index (χ2v) is 7.40. The van der Waals surface area contributed by atoms with Crippen LogP contribution >= 0.6 is 0 Å². The summed E-state index contributed by atoms with van der Waals surface area (Å²) in [6.45, 7) is 2.31. The van der Waals surface area contributed by atoms with Gasteiger partial charge in [-0.25, -0.2) is 0 Å². The maximum atomic E-state index is 12.3. The van der Waals surface area contributed by atoms with Crippen molar-refractivity contribution in [2.45, 2.75) is 25.8 Å². The molecule has 1 N–H and O–H groups in total. The number of carbonyl (C=O) groups excluding carboxylic acids is 1. The number of piperidine rings is 1. The number of nitrogens with zero attached hydrogens (tertiary/aromatic N) is 4. The first-order valence-corrected chi connectivity index (χ1v) is 10.1. The molecular formula is C23H25N5O. The number of nitrogens with one attached hydrogen (secondary N) is 1. The van der Waals surface area contributed by atoms with E-state index in [1.807, 2.05) is 24.3 Å². The van der Waals surface area contributed by atoms with Crippen LogP contribution in [0.2, 0.25) is 0 Å². The van der Waals surface area contributed by atoms with Crippen LogP contribution in [0.5, 0.6) is 0 Å². The number of benzene rings is 1. The molecule has 6 nitrogen and oxygen atoms in total. The first-order chi connectivity index (χ1) is 14.3. The molecule has 6 heteroatoms. The van der Waals surface area contributed by atoms with Gasteiger partial charge in [-0.3, -0.25) is 9.78 Å². The smallest absolute Gasteiger partial charge is 0.272 e. The Morgan fingerprint density at radius 1 is 0.966 bits per heavy atom. The lowest BCUT2D eigenvalue weighted by molar-refractivity contribution is 0.0944. The monoisotopic (exact) mass is 387 g/mol. The molecule has 0 unspecified atom stereocenters. The number of hydrogen-bond acceptors (Lipinski definition) is 5. The van der Waals surface area contributed by atoms with E-state index in [-0.39, 0.29) is 5.91 Å². The summed E-state index contributed by atoms with van der Waals surface area (Å²) in [4.78, 5) is 18.7. The van der Waals surface area contributed by atoms with Crippen LogP contribution in [-0.2, 0) is 13.0 Å². The average molecular weight is 387 g/mol. The molecule has 4 rings (SSSR count). The lowest BCUT2D eigenvalue weighted by Gasteiger charge is -2.32. The predicted octanol–water partition coefficient (Wildman–Crippen LogP) is 3.26. The average Bonchev–Trinajstić information content (AvgIpc) is 2.79. The van der Waals surface area contributed by atoms with Gasteiger partial charge in [0.1, 0.15) is 0 Å². The molecule has 1 aliphatic rings. The molecule has 0 saturated carbocycles. The molecule has 3 aromatic rings. The predicted molar refractivity (Wildman–Crippen MR) is 113 cm³/mol. The van der Waals surface area contributed by atoms with Crippen LogP contribution in [0.3, 0.4) is 0 Å². The fourth-order valence-electron chi connectivity index (χ4n) is 3.69. The van der Waals surface area contributed by atoms with Gasteiger partial charge in [0.2, 0.25) is 0 Å². The Balaban J connectivity index is 1.27. The maximum absolute atomic E-state index is 12.3. The second kappa shape index (κ2) is 9.28. The molecule has 0 aliphatic carbocycles. The van der Waals surface area contributed by atoms with Gasteiger partial charge < -0.3 is 10.2 Å². The Bertz CT molecular complexity index is 907. The summed E-state index contributed by atoms with van der Waals surface area (Å²) in [5, 5.41) is 11.2. The molecule has 0 radical (unpaired) electrons. The van der Waals surface area contributed by atoms with Crippen LogP contribution in [0.15, 0.2) is 66.9 Å². The molecule has 1 amide bonds. The third kappa shape index (κ3) is 5.16. The van der Waals surface area contributed by atoms with Gasteiger partial charge >= 0.3 is 0 Å². The van der Waals surface area contributed by atoms with Crippen LogP contribution in [0.4, 0.5) is 5.82 Å². The quantitative estimate of drug-likeness (QED) is 0.703. The molecule has 0 bridgehead atoms. The van der Waals surface area contributed by atoms with Gasteiger partial charge in [0.25, 0.3) is 5.91 Å². The third-order valence-corrected chi connectivity index (χ3v) is 5.35. The van der Waals surface area contributed by atoms with Crippen molar-refractivity contribution in [1.29, 1.82) is 0 Å². The number of anilines is 1. The molecule has 1 saturated heterocycles. The fraction of sp³-hybridized carbons (Fsp3) is 0.304. The van der Waals surface area contributed by atoms with Crippen molar-refractivity contribution in [2.75, 3.05) is 18.0 Å². The van der Waals surface area contributed by atoms with E-state index >= 15 is 0 Å². The van der Waals surface area contributed by atoms with Crippen LogP contribution in [0.1, 0.15) is 34.6 Å². The minimum atomic E-state index is -0.240. The van der Waals surface area contributed by atoms with Crippen LogP contribution in [0, 0.1) is 5.92 Å². The highest BCUT2D eigenvalue weighted by Gasteiger charge is 2.21. The Labute approximate surface area is 171 Å². The van der Waals surface area contributed by atoms with Crippen LogP contribution in [0.25, 0.3) is 0 Å². The van der Waals surface area contributed by atoms with Crippen molar-refractivity contribution in [3.8, 4) is 0 Å². The number of amides is 1. The number of rotatable bonds is 6. The summed E-state index contributed by atoms with van der Waals surface area (Å²) in [5.41, 5.74) is 2.54. The van der Waals surface area contributed by atoms with Gasteiger partial charge in [-0.2, -0.15) is 0 Å². The zero-order valence-electron chi connectivity index (χ0n) is 16.4. The van der Waals surface area contributed by atoms with Crippen molar-refractivity contribution in [2.24, 2.45) is 5.92 Å². The van der Waals surface area contributed by atoms with Gasteiger partial charge in [-0.05, 0) is 55.0 Å². The van der Waals surface area contributed by atoms with E-state index in [2.05, 4.69) is 55.7 Å². The highest BCUT2D eigenvalue weighted by molar-refractivity contribution is 5.92. The minimum absolute atomic E-state index is 0.240. The maximum Gasteiger partial charge on any atom is 0.272 e. The third-order valence-electron chi connectivity index (χ3n) is 5.35. The van der Waals surface area contributed by atoms with E-state index in [1.54, 1.807) is 12.3 Å². The molecular weight excluding hydrogens is 362 g/mol. The molecule has 148 valence electrons. The van der Waals surface area contributed by atoms with Gasteiger partial charge in [0.05, 0.1) is 12.2 Å². The molecule has 0 atom stereocenters. The van der Waals surface area contributed by atoms with Gasteiger partial charge in [0.15, 0.2) is 11.5 Å². The Morgan fingerprint density at radius 3 is 2.45 bits per heavy atom. The standard InChI is InChI=1S/C23H25N5O/c29-23(25-17-20-8-4-5-13-24-20)21-9-10-22(27-26-21)28-14-11-19(12-15-28)16-18-6-2-1-3-7-18/h1-10,13,19H,11-12,14-17H2,(H,25,29). The van der Waals surface area contributed by atoms with Gasteiger partial charge in [-0.15, -0.1) is 10.2 Å². The minimum Gasteiger partial charge on any atom is -0.355 e. The first kappa shape index (κ1) is 19.1. The second-order valence-electron chi connectivity index (χ2n) is 7.40. The number of aromatic nitrogens is 3. The Hall–Kier alpha value is -3.28. The van der Waals surface area contributed by atoms with Crippen molar-refractivity contribution < 1.29 is 4.79 Å². The van der Waals surface area contributed by atoms with Crippen molar-refractivity contribution in [3.05, 3.63) is 83.8 Å². The van der Waals surface area contributed by atoms with E-state index in [4.69, 9.17) is 0 Å². The topological polar surface area (TPSA) is 71.0 Å². The zero-order valence-corrected chi connectivity index (χ0v) is 16.4. The molecule has 2 aromatic heterocycles. The van der Waals surface area contributed by atoms with E-state index in [9.17, 15) is 4.79 Å². The lowest BCUT2D eigenvalue weighted by atomic mass is 9.90. The van der Waals surface area contributed by atoms with E-state index in [0.29, 0.717) is 18.2 Å². The molecule has 0 spiro atoms. The summed E-state index contributed by atoms with van der Waals surface area (Å²) in [7, 11) is 0. The Kier molecular flexibility index (Phi) is 6.10. The van der Waals surface area contributed by atoms with E-state index in [0.717, 1.165) is 43.9 Å². The largest absolute Gasteiger partial charge is 0.355 e. The number of hydrogen-bond donors (Lipinski definition) is 1. The number of carbonyl (C=O) groups is 1. The summed E-state index contributed by atoms with van der Waals surface area (Å²) < 4.78 is 0. The zero-order chi connectivity index (χ0) is 19.9. The summed E-state index contributed by atoms with van der Waals surface area (Å²) in [6, 6.07) is 19.9. The Morgan fingerprint density at radius 2 is 1.76 bits per heavy atom. The van der Waals surface area contributed by atoms with Crippen LogP contribution in [-0.4, -0.2) is 34.2 Å². The SMILES string of the molecule is O=C(NCc1ccccn1)c1ccc(N2CCC(Cc3ccccc3)CC2)nn1. The number of pyridine rings is 1. The first-order valence-electron chi connectivity index (χ1n) is 10.1. The summed E-state index contributed by atoms with van der Waals surface area (Å²) in [6.07, 6.45) is 5.13. The van der Waals surface area contributed by atoms with Crippen molar-refractivity contribution in [1.82, 2.24) is 20.5 Å². The molecule has 1 fully saturated rings. The van der Waals surface area contributed by atoms with Crippen LogP contribution < -0.4 is 10.2 Å². The highest BCUT2D eigenvalue weighted by Crippen LogP contribution is 2.24. The summed E-state index contributed by atoms with van der Waals surface area (Å²) in [5.74, 6) is 1.30. The highest BCUT2D eigenvalue weighted by atomic mass is 16.1. The van der Waals surface area contributed by atoms with Crippen molar-refractivity contribution >= 4 is 11.7 Å². The molecule has 29 heavy (non-hydrogen) atoms. The molecule has 1 aliphatic heterocycles. The van der Waals surface area contributed by atoms with E-state index < -0.39 is 0 Å². The molecule has 3 heterocycles. The van der Waals surface area contributed by atoms with Crippen molar-refractivity contribution in [3.63, 3.8) is 0 Å².